The lowest BCUT2D eigenvalue weighted by Crippen LogP contribution is -2.09. The standard InChI is InChI=1S/C34H31N/c1-3-27-13-21-33(22-14-27)35(32-19-9-26(2)10-20-32)34-23-17-31(18-24-34)30-15-11-29(12-16-30)25-28-7-5-4-6-8-28/h4-24H,3,25H2,1-2H3. The lowest BCUT2D eigenvalue weighted by molar-refractivity contribution is 1.14. The second-order valence-corrected chi connectivity index (χ2v) is 9.10. The van der Waals surface area contributed by atoms with Crippen LogP contribution in [-0.2, 0) is 12.8 Å². The Morgan fingerprint density at radius 1 is 0.457 bits per heavy atom. The summed E-state index contributed by atoms with van der Waals surface area (Å²) in [7, 11) is 0. The first kappa shape index (κ1) is 22.7. The van der Waals surface area contributed by atoms with E-state index in [1.54, 1.807) is 0 Å². The molecule has 0 spiro atoms. The minimum Gasteiger partial charge on any atom is -0.311 e. The SMILES string of the molecule is CCc1ccc(N(c2ccc(C)cc2)c2ccc(-c3ccc(Cc4ccccc4)cc3)cc2)cc1. The normalized spacial score (nSPS) is 10.8. The molecule has 172 valence electrons. The second kappa shape index (κ2) is 10.4. The summed E-state index contributed by atoms with van der Waals surface area (Å²) in [4.78, 5) is 2.33. The van der Waals surface area contributed by atoms with Crippen molar-refractivity contribution in [1.29, 1.82) is 0 Å². The molecule has 0 saturated carbocycles. The number of aryl methyl sites for hydroxylation is 2. The Bertz CT molecular complexity index is 1350. The van der Waals surface area contributed by atoms with Gasteiger partial charge in [0.15, 0.2) is 0 Å². The van der Waals surface area contributed by atoms with Crippen molar-refractivity contribution in [2.24, 2.45) is 0 Å². The van der Waals surface area contributed by atoms with Gasteiger partial charge in [0.05, 0.1) is 0 Å². The van der Waals surface area contributed by atoms with Crippen LogP contribution >= 0.6 is 0 Å². The quantitative estimate of drug-likeness (QED) is 0.237. The van der Waals surface area contributed by atoms with Crippen molar-refractivity contribution < 1.29 is 0 Å². The minimum absolute atomic E-state index is 0.961. The van der Waals surface area contributed by atoms with Gasteiger partial charge in [0.1, 0.15) is 0 Å². The second-order valence-electron chi connectivity index (χ2n) is 9.10. The van der Waals surface area contributed by atoms with Crippen molar-refractivity contribution in [3.05, 3.63) is 150 Å². The zero-order valence-corrected chi connectivity index (χ0v) is 20.5. The highest BCUT2D eigenvalue weighted by atomic mass is 15.1. The average Bonchev–Trinajstić information content (AvgIpc) is 2.92. The van der Waals surface area contributed by atoms with Crippen molar-refractivity contribution in [3.63, 3.8) is 0 Å². The number of benzene rings is 5. The number of anilines is 3. The van der Waals surface area contributed by atoms with Crippen LogP contribution in [0.2, 0.25) is 0 Å². The summed E-state index contributed by atoms with van der Waals surface area (Å²) in [5.41, 5.74) is 11.2. The Balaban J connectivity index is 1.41. The summed E-state index contributed by atoms with van der Waals surface area (Å²) in [5.74, 6) is 0. The van der Waals surface area contributed by atoms with Crippen molar-refractivity contribution in [1.82, 2.24) is 0 Å². The molecule has 0 radical (unpaired) electrons. The van der Waals surface area contributed by atoms with Crippen LogP contribution in [0.4, 0.5) is 17.1 Å². The molecule has 0 heterocycles. The summed E-state index contributed by atoms with van der Waals surface area (Å²) in [6.45, 7) is 4.32. The van der Waals surface area contributed by atoms with E-state index < -0.39 is 0 Å². The van der Waals surface area contributed by atoms with Crippen molar-refractivity contribution in [2.75, 3.05) is 4.90 Å². The maximum Gasteiger partial charge on any atom is 0.0462 e. The van der Waals surface area contributed by atoms with Crippen molar-refractivity contribution >= 4 is 17.1 Å². The third-order valence-corrected chi connectivity index (χ3v) is 6.56. The van der Waals surface area contributed by atoms with E-state index in [2.05, 4.69) is 146 Å². The number of hydrogen-bond acceptors (Lipinski definition) is 1. The maximum atomic E-state index is 2.33. The van der Waals surface area contributed by atoms with E-state index in [1.165, 1.54) is 39.1 Å². The summed E-state index contributed by atoms with van der Waals surface area (Å²) in [6, 6.07) is 46.1. The molecule has 0 saturated heterocycles. The van der Waals surface area contributed by atoms with Crippen LogP contribution in [0.3, 0.4) is 0 Å². The molecule has 0 aliphatic rings. The molecule has 5 rings (SSSR count). The minimum atomic E-state index is 0.961. The van der Waals surface area contributed by atoms with E-state index in [0.29, 0.717) is 0 Å². The first-order valence-corrected chi connectivity index (χ1v) is 12.4. The van der Waals surface area contributed by atoms with Crippen LogP contribution in [0.25, 0.3) is 11.1 Å². The Hall–Kier alpha value is -4.10. The topological polar surface area (TPSA) is 3.24 Å². The molecule has 0 amide bonds. The fourth-order valence-electron chi connectivity index (χ4n) is 4.47. The highest BCUT2D eigenvalue weighted by molar-refractivity contribution is 5.78. The molecule has 35 heavy (non-hydrogen) atoms. The van der Waals surface area contributed by atoms with Gasteiger partial charge in [-0.2, -0.15) is 0 Å². The molecule has 0 N–H and O–H groups in total. The molecule has 0 unspecified atom stereocenters. The molecular weight excluding hydrogens is 422 g/mol. The van der Waals surface area contributed by atoms with Gasteiger partial charge in [-0.25, -0.2) is 0 Å². The third-order valence-electron chi connectivity index (χ3n) is 6.56. The Morgan fingerprint density at radius 2 is 0.886 bits per heavy atom. The van der Waals surface area contributed by atoms with Crippen molar-refractivity contribution in [2.45, 2.75) is 26.7 Å². The van der Waals surface area contributed by atoms with Crippen LogP contribution in [0.5, 0.6) is 0 Å². The van der Waals surface area contributed by atoms with Crippen LogP contribution < -0.4 is 4.90 Å². The summed E-state index contributed by atoms with van der Waals surface area (Å²) < 4.78 is 0. The summed E-state index contributed by atoms with van der Waals surface area (Å²) in [5, 5.41) is 0. The van der Waals surface area contributed by atoms with Gasteiger partial charge in [0, 0.05) is 17.1 Å². The van der Waals surface area contributed by atoms with E-state index in [4.69, 9.17) is 0 Å². The first-order chi connectivity index (χ1) is 17.2. The van der Waals surface area contributed by atoms with Crippen LogP contribution in [0, 0.1) is 6.92 Å². The van der Waals surface area contributed by atoms with Gasteiger partial charge in [0.2, 0.25) is 0 Å². The van der Waals surface area contributed by atoms with Gasteiger partial charge < -0.3 is 4.90 Å². The monoisotopic (exact) mass is 453 g/mol. The Kier molecular flexibility index (Phi) is 6.77. The van der Waals surface area contributed by atoms with Crippen LogP contribution in [0.1, 0.15) is 29.2 Å². The zero-order valence-electron chi connectivity index (χ0n) is 20.5. The van der Waals surface area contributed by atoms with Crippen LogP contribution in [0.15, 0.2) is 127 Å². The van der Waals surface area contributed by atoms with Gasteiger partial charge in [0.25, 0.3) is 0 Å². The lowest BCUT2D eigenvalue weighted by atomic mass is 10.00. The van der Waals surface area contributed by atoms with Gasteiger partial charge >= 0.3 is 0 Å². The molecule has 0 atom stereocenters. The molecule has 0 fully saturated rings. The van der Waals surface area contributed by atoms with E-state index in [0.717, 1.165) is 24.2 Å². The molecule has 0 aromatic heterocycles. The molecule has 0 bridgehead atoms. The van der Waals surface area contributed by atoms with Gasteiger partial charge in [-0.3, -0.25) is 0 Å². The van der Waals surface area contributed by atoms with E-state index in [9.17, 15) is 0 Å². The molecule has 5 aromatic rings. The summed E-state index contributed by atoms with van der Waals surface area (Å²) >= 11 is 0. The third kappa shape index (κ3) is 5.36. The van der Waals surface area contributed by atoms with Gasteiger partial charge in [-0.15, -0.1) is 0 Å². The van der Waals surface area contributed by atoms with Crippen LogP contribution in [-0.4, -0.2) is 0 Å². The highest BCUT2D eigenvalue weighted by Crippen LogP contribution is 2.36. The summed E-state index contributed by atoms with van der Waals surface area (Å²) in [6.07, 6.45) is 2.01. The Morgan fingerprint density at radius 3 is 1.43 bits per heavy atom. The van der Waals surface area contributed by atoms with Crippen molar-refractivity contribution in [3.8, 4) is 11.1 Å². The fourth-order valence-corrected chi connectivity index (χ4v) is 4.47. The van der Waals surface area contributed by atoms with E-state index >= 15 is 0 Å². The number of hydrogen-bond donors (Lipinski definition) is 0. The molecule has 0 aliphatic carbocycles. The zero-order chi connectivity index (χ0) is 24.0. The van der Waals surface area contributed by atoms with Gasteiger partial charge in [-0.1, -0.05) is 103 Å². The predicted octanol–water partition coefficient (Wildman–Crippen LogP) is 9.29. The molecule has 5 aromatic carbocycles. The molecular formula is C34H31N. The molecule has 1 heteroatoms. The molecule has 1 nitrogen and oxygen atoms in total. The number of nitrogens with zero attached hydrogens (tertiary/aromatic N) is 1. The fraction of sp³-hybridized carbons (Fsp3) is 0.118. The predicted molar refractivity (Wildman–Crippen MR) is 150 cm³/mol. The van der Waals surface area contributed by atoms with E-state index in [1.807, 2.05) is 0 Å². The maximum absolute atomic E-state index is 2.33. The first-order valence-electron chi connectivity index (χ1n) is 12.4. The largest absolute Gasteiger partial charge is 0.311 e. The molecule has 0 aliphatic heterocycles. The lowest BCUT2D eigenvalue weighted by Gasteiger charge is -2.26. The van der Waals surface area contributed by atoms with Gasteiger partial charge in [-0.05, 0) is 84.0 Å². The Labute approximate surface area is 209 Å². The van der Waals surface area contributed by atoms with E-state index in [-0.39, 0.29) is 0 Å². The average molecular weight is 454 g/mol. The smallest absolute Gasteiger partial charge is 0.0462 e. The highest BCUT2D eigenvalue weighted by Gasteiger charge is 2.12. The number of rotatable bonds is 7.